The van der Waals surface area contributed by atoms with E-state index in [1.807, 2.05) is 11.8 Å². The lowest BCUT2D eigenvalue weighted by Gasteiger charge is -2.45. The molecule has 2 heterocycles. The fraction of sp³-hybridized carbons (Fsp3) is 0.583. The molecule has 33 heavy (non-hydrogen) atoms. The number of nitrogens with one attached hydrogen (secondary N) is 1. The minimum Gasteiger partial charge on any atom is -0.487 e. The zero-order valence-electron chi connectivity index (χ0n) is 19.1. The number of carbonyl (C=O) groups excluding carboxylic acids is 1. The summed E-state index contributed by atoms with van der Waals surface area (Å²) < 4.78 is 44.9. The molecule has 0 radical (unpaired) electrons. The molecule has 2 saturated carbocycles. The number of aryl methyl sites for hydroxylation is 2. The van der Waals surface area contributed by atoms with E-state index in [2.05, 4.69) is 10.3 Å². The van der Waals surface area contributed by atoms with Crippen LogP contribution in [0.4, 0.5) is 20.5 Å². The molecule has 2 aliphatic carbocycles. The maximum absolute atomic E-state index is 14.8. The van der Waals surface area contributed by atoms with Crippen molar-refractivity contribution in [2.24, 2.45) is 11.8 Å². The molecule has 178 valence electrons. The molecule has 1 saturated heterocycles. The number of nitrogens with zero attached hydrogens (tertiary/aromatic N) is 2. The number of anilines is 2. The molecule has 1 N–H and O–H groups in total. The molecular formula is C24H29F2N3O4. The van der Waals surface area contributed by atoms with E-state index in [4.69, 9.17) is 13.9 Å². The van der Waals surface area contributed by atoms with Crippen molar-refractivity contribution in [1.29, 1.82) is 0 Å². The van der Waals surface area contributed by atoms with Crippen LogP contribution in [-0.4, -0.2) is 49.5 Å². The fourth-order valence-electron chi connectivity index (χ4n) is 5.00. The Morgan fingerprint density at radius 3 is 2.67 bits per heavy atom. The summed E-state index contributed by atoms with van der Waals surface area (Å²) >= 11 is 0. The van der Waals surface area contributed by atoms with Gasteiger partial charge in [-0.1, -0.05) is 0 Å². The zero-order valence-corrected chi connectivity index (χ0v) is 19.1. The minimum atomic E-state index is -0.687. The second kappa shape index (κ2) is 8.27. The van der Waals surface area contributed by atoms with Gasteiger partial charge in [0.2, 0.25) is 0 Å². The second-order valence-corrected chi connectivity index (χ2v) is 9.74. The molecule has 0 spiro atoms. The number of alkyl halides is 1. The Balaban J connectivity index is 1.29. The Kier molecular flexibility index (Phi) is 5.55. The summed E-state index contributed by atoms with van der Waals surface area (Å²) in [6.07, 6.45) is 3.21. The van der Waals surface area contributed by atoms with Crippen molar-refractivity contribution in [2.75, 3.05) is 37.1 Å². The first-order valence-electron chi connectivity index (χ1n) is 11.4. The molecule has 9 heteroatoms. The molecule has 3 aliphatic rings. The van der Waals surface area contributed by atoms with Gasteiger partial charge in [0.25, 0.3) is 11.9 Å². The molecule has 1 aromatic carbocycles. The van der Waals surface area contributed by atoms with Crippen molar-refractivity contribution < 1.29 is 27.5 Å². The Bertz CT molecular complexity index is 1030. The molecule has 5 rings (SSSR count). The number of aromatic nitrogens is 1. The third-order valence-electron chi connectivity index (χ3n) is 7.01. The summed E-state index contributed by atoms with van der Waals surface area (Å²) in [6.45, 7) is 4.13. The van der Waals surface area contributed by atoms with Crippen molar-refractivity contribution in [3.05, 3.63) is 35.0 Å². The van der Waals surface area contributed by atoms with Gasteiger partial charge in [0.05, 0.1) is 25.9 Å². The quantitative estimate of drug-likeness (QED) is 0.632. The number of methoxy groups -OCH3 is 1. The first kappa shape index (κ1) is 22.1. The molecule has 7 nitrogen and oxygen atoms in total. The van der Waals surface area contributed by atoms with Crippen LogP contribution in [0.25, 0.3) is 0 Å². The minimum absolute atomic E-state index is 0.00256. The Morgan fingerprint density at radius 1 is 1.30 bits per heavy atom. The van der Waals surface area contributed by atoms with Crippen molar-refractivity contribution in [3.63, 3.8) is 0 Å². The number of halogens is 2. The summed E-state index contributed by atoms with van der Waals surface area (Å²) in [7, 11) is 1.63. The molecule has 1 unspecified atom stereocenters. The van der Waals surface area contributed by atoms with E-state index in [-0.39, 0.29) is 47.0 Å². The van der Waals surface area contributed by atoms with E-state index in [9.17, 15) is 13.6 Å². The molecular weight excluding hydrogens is 432 g/mol. The maximum atomic E-state index is 14.8. The summed E-state index contributed by atoms with van der Waals surface area (Å²) in [5.41, 5.74) is 0.574. The van der Waals surface area contributed by atoms with Crippen LogP contribution >= 0.6 is 0 Å². The molecule has 1 aliphatic heterocycles. The van der Waals surface area contributed by atoms with Crippen LogP contribution in [0.3, 0.4) is 0 Å². The topological polar surface area (TPSA) is 76.8 Å². The summed E-state index contributed by atoms with van der Waals surface area (Å²) in [5.74, 6) is 0.777. The van der Waals surface area contributed by atoms with Crippen molar-refractivity contribution in [1.82, 2.24) is 4.98 Å². The highest BCUT2D eigenvalue weighted by Crippen LogP contribution is 2.52. The number of benzene rings is 1. The van der Waals surface area contributed by atoms with Crippen molar-refractivity contribution in [2.45, 2.75) is 51.2 Å². The first-order chi connectivity index (χ1) is 15.8. The summed E-state index contributed by atoms with van der Waals surface area (Å²) in [4.78, 5) is 19.0. The highest BCUT2D eigenvalue weighted by atomic mass is 19.1. The number of fused-ring (bicyclic) bond motifs is 1. The maximum Gasteiger partial charge on any atom is 0.298 e. The molecule has 2 aromatic rings. The predicted octanol–water partition coefficient (Wildman–Crippen LogP) is 4.29. The van der Waals surface area contributed by atoms with Gasteiger partial charge in [0.1, 0.15) is 11.4 Å². The van der Waals surface area contributed by atoms with Crippen LogP contribution in [0.2, 0.25) is 0 Å². The third-order valence-corrected chi connectivity index (χ3v) is 7.01. The Hall–Kier alpha value is -2.68. The number of hydrogen-bond acceptors (Lipinski definition) is 6. The van der Waals surface area contributed by atoms with E-state index < -0.39 is 18.4 Å². The number of oxazole rings is 1. The van der Waals surface area contributed by atoms with E-state index >= 15 is 0 Å². The lowest BCUT2D eigenvalue weighted by Crippen LogP contribution is -2.61. The molecule has 3 atom stereocenters. The normalized spacial score (nSPS) is 24.9. The number of rotatable bonds is 8. The number of ether oxygens (including phenoxy) is 2. The van der Waals surface area contributed by atoms with Gasteiger partial charge in [0.15, 0.2) is 17.3 Å². The van der Waals surface area contributed by atoms with Gasteiger partial charge in [-0.2, -0.15) is 4.98 Å². The Morgan fingerprint density at radius 2 is 2.03 bits per heavy atom. The standard InChI is InChI=1S/C24H29F2N3O4/c1-13-6-16(10-18(26)21(13)32-17-8-14-7-15(14)9-17)27-22(30)20-19(4-5-25)33-23(28-20)29-11-24(2,12-29)31-3/h6,10,14-15,17H,4-5,7-9,11-12H2,1-3H3,(H,27,30)/t14-,15+,17?. The van der Waals surface area contributed by atoms with Gasteiger partial charge in [-0.3, -0.25) is 9.18 Å². The molecule has 3 fully saturated rings. The monoisotopic (exact) mass is 461 g/mol. The lowest BCUT2D eigenvalue weighted by atomic mass is 9.97. The van der Waals surface area contributed by atoms with Gasteiger partial charge >= 0.3 is 0 Å². The Labute approximate surface area is 191 Å². The van der Waals surface area contributed by atoms with Crippen molar-refractivity contribution >= 4 is 17.6 Å². The van der Waals surface area contributed by atoms with Crippen LogP contribution in [-0.2, 0) is 11.2 Å². The van der Waals surface area contributed by atoms with Gasteiger partial charge in [-0.05, 0) is 56.6 Å². The third kappa shape index (κ3) is 4.30. The van der Waals surface area contributed by atoms with Crippen LogP contribution in [0.5, 0.6) is 5.75 Å². The largest absolute Gasteiger partial charge is 0.487 e. The van der Waals surface area contributed by atoms with Crippen LogP contribution in [0.15, 0.2) is 16.5 Å². The van der Waals surface area contributed by atoms with E-state index in [0.29, 0.717) is 18.7 Å². The van der Waals surface area contributed by atoms with E-state index in [1.54, 1.807) is 20.1 Å². The first-order valence-corrected chi connectivity index (χ1v) is 11.4. The van der Waals surface area contributed by atoms with Gasteiger partial charge in [0, 0.05) is 25.3 Å². The van der Waals surface area contributed by atoms with Gasteiger partial charge in [-0.15, -0.1) is 0 Å². The van der Waals surface area contributed by atoms with Gasteiger partial charge < -0.3 is 24.1 Å². The zero-order chi connectivity index (χ0) is 23.3. The number of amides is 1. The second-order valence-electron chi connectivity index (χ2n) is 9.74. The van der Waals surface area contributed by atoms with E-state index in [1.165, 1.54) is 12.5 Å². The average molecular weight is 462 g/mol. The van der Waals surface area contributed by atoms with Gasteiger partial charge in [-0.25, -0.2) is 4.39 Å². The van der Waals surface area contributed by atoms with Crippen molar-refractivity contribution in [3.8, 4) is 5.75 Å². The molecule has 0 bridgehead atoms. The summed E-state index contributed by atoms with van der Waals surface area (Å²) in [5, 5.41) is 2.67. The highest BCUT2D eigenvalue weighted by molar-refractivity contribution is 6.03. The van der Waals surface area contributed by atoms with Crippen LogP contribution in [0.1, 0.15) is 48.0 Å². The summed E-state index contributed by atoms with van der Waals surface area (Å²) in [6, 6.07) is 3.16. The number of hydrogen-bond donors (Lipinski definition) is 1. The number of carbonyl (C=O) groups is 1. The van der Waals surface area contributed by atoms with E-state index in [0.717, 1.165) is 24.7 Å². The lowest BCUT2D eigenvalue weighted by molar-refractivity contribution is -0.0191. The SMILES string of the molecule is COC1(C)CN(c2nc(C(=O)Nc3cc(C)c(OC4C[C@@H]5C[C@@H]5C4)c(F)c3)c(CCF)o2)C1. The molecule has 1 amide bonds. The fourth-order valence-corrected chi connectivity index (χ4v) is 5.00. The smallest absolute Gasteiger partial charge is 0.298 e. The predicted molar refractivity (Wildman–Crippen MR) is 118 cm³/mol. The van der Waals surface area contributed by atoms with Crippen LogP contribution in [0, 0.1) is 24.6 Å². The average Bonchev–Trinajstić information content (AvgIpc) is 3.16. The van der Waals surface area contributed by atoms with Crippen LogP contribution < -0.4 is 15.0 Å². The molecule has 1 aromatic heterocycles. The highest BCUT2D eigenvalue weighted by Gasteiger charge is 2.47.